The van der Waals surface area contributed by atoms with Gasteiger partial charge in [-0.3, -0.25) is 0 Å². The molecule has 0 bridgehead atoms. The molecule has 0 radical (unpaired) electrons. The Morgan fingerprint density at radius 3 is 1.79 bits per heavy atom. The lowest BCUT2D eigenvalue weighted by molar-refractivity contribution is 0.0733. The third-order valence-electron chi connectivity index (χ3n) is 3.52. The molecule has 0 aliphatic rings. The van der Waals surface area contributed by atoms with Crippen LogP contribution in [0.4, 0.5) is 0 Å². The summed E-state index contributed by atoms with van der Waals surface area (Å²) in [6.45, 7) is 3.71. The molecule has 0 spiro atoms. The van der Waals surface area contributed by atoms with Gasteiger partial charge in [0.2, 0.25) is 5.75 Å². The molecule has 0 amide bonds. The minimum absolute atomic E-state index is 0.287. The van der Waals surface area contributed by atoms with Gasteiger partial charge in [0.1, 0.15) is 5.75 Å². The molecule has 0 aliphatic carbocycles. The highest BCUT2D eigenvalue weighted by Gasteiger charge is 2.18. The Bertz CT molecular complexity index is 722. The van der Waals surface area contributed by atoms with Gasteiger partial charge in [-0.2, -0.15) is 0 Å². The molecule has 2 aromatic carbocycles. The molecule has 2 rings (SSSR count). The van der Waals surface area contributed by atoms with Crippen LogP contribution in [-0.2, 0) is 0 Å². The maximum absolute atomic E-state index is 12.5. The van der Waals surface area contributed by atoms with Gasteiger partial charge in [0.05, 0.1) is 26.9 Å². The summed E-state index contributed by atoms with van der Waals surface area (Å²) in [5.41, 5.74) is 1.96. The lowest BCUT2D eigenvalue weighted by Crippen LogP contribution is -2.10. The standard InChI is InChI=1S/C18H19ClO5/c1-10-6-13(7-11(2)16(10)19)24-18(20)12-8-14(21-3)17(23-5)15(9-12)22-4/h6-9H,1-5H3. The van der Waals surface area contributed by atoms with Crippen LogP contribution < -0.4 is 18.9 Å². The van der Waals surface area contributed by atoms with Crippen molar-refractivity contribution in [3.05, 3.63) is 46.0 Å². The van der Waals surface area contributed by atoms with E-state index in [-0.39, 0.29) is 5.56 Å². The van der Waals surface area contributed by atoms with Gasteiger partial charge >= 0.3 is 5.97 Å². The van der Waals surface area contributed by atoms with Crippen molar-refractivity contribution in [3.8, 4) is 23.0 Å². The van der Waals surface area contributed by atoms with Crippen LogP contribution in [0.15, 0.2) is 24.3 Å². The number of aryl methyl sites for hydroxylation is 2. The second-order valence-electron chi connectivity index (χ2n) is 5.17. The summed E-state index contributed by atoms with van der Waals surface area (Å²) in [6.07, 6.45) is 0. The van der Waals surface area contributed by atoms with Crippen molar-refractivity contribution in [2.75, 3.05) is 21.3 Å². The molecule has 0 saturated carbocycles. The van der Waals surface area contributed by atoms with E-state index in [1.54, 1.807) is 24.3 Å². The number of carbonyl (C=O) groups excluding carboxylic acids is 1. The third-order valence-corrected chi connectivity index (χ3v) is 4.12. The lowest BCUT2D eigenvalue weighted by atomic mass is 10.1. The fourth-order valence-electron chi connectivity index (χ4n) is 2.33. The zero-order valence-electron chi connectivity index (χ0n) is 14.2. The third kappa shape index (κ3) is 3.57. The number of benzene rings is 2. The first-order valence-electron chi connectivity index (χ1n) is 7.20. The fourth-order valence-corrected chi connectivity index (χ4v) is 2.44. The van der Waals surface area contributed by atoms with Gasteiger partial charge in [-0.1, -0.05) is 11.6 Å². The summed E-state index contributed by atoms with van der Waals surface area (Å²) in [7, 11) is 4.47. The van der Waals surface area contributed by atoms with Gasteiger partial charge in [-0.05, 0) is 49.2 Å². The quantitative estimate of drug-likeness (QED) is 0.597. The first-order chi connectivity index (χ1) is 11.4. The zero-order valence-corrected chi connectivity index (χ0v) is 15.0. The van der Waals surface area contributed by atoms with Gasteiger partial charge in [0, 0.05) is 5.02 Å². The van der Waals surface area contributed by atoms with E-state index >= 15 is 0 Å². The number of rotatable bonds is 5. The van der Waals surface area contributed by atoms with Crippen LogP contribution in [-0.4, -0.2) is 27.3 Å². The predicted molar refractivity (Wildman–Crippen MR) is 92.0 cm³/mol. The Balaban J connectivity index is 2.36. The van der Waals surface area contributed by atoms with Gasteiger partial charge in [-0.25, -0.2) is 4.79 Å². The molecule has 0 atom stereocenters. The number of methoxy groups -OCH3 is 3. The highest BCUT2D eigenvalue weighted by Crippen LogP contribution is 2.38. The Kier molecular flexibility index (Phi) is 5.57. The molecule has 0 unspecified atom stereocenters. The largest absolute Gasteiger partial charge is 0.493 e. The average molecular weight is 351 g/mol. The van der Waals surface area contributed by atoms with E-state index in [1.807, 2.05) is 13.8 Å². The van der Waals surface area contributed by atoms with E-state index in [0.717, 1.165) is 11.1 Å². The summed E-state index contributed by atoms with van der Waals surface area (Å²) in [5, 5.41) is 0.655. The molecule has 6 heteroatoms. The molecule has 0 aromatic heterocycles. The van der Waals surface area contributed by atoms with E-state index in [1.165, 1.54) is 21.3 Å². The minimum atomic E-state index is -0.532. The maximum Gasteiger partial charge on any atom is 0.343 e. The Labute approximate surface area is 146 Å². The molecular formula is C18H19ClO5. The molecule has 0 heterocycles. The Morgan fingerprint density at radius 2 is 1.38 bits per heavy atom. The molecule has 2 aromatic rings. The molecule has 24 heavy (non-hydrogen) atoms. The van der Waals surface area contributed by atoms with Crippen LogP contribution in [0.25, 0.3) is 0 Å². The smallest absolute Gasteiger partial charge is 0.343 e. The lowest BCUT2D eigenvalue weighted by Gasteiger charge is -2.14. The molecular weight excluding hydrogens is 332 g/mol. The molecule has 0 N–H and O–H groups in total. The Hall–Kier alpha value is -2.40. The van der Waals surface area contributed by atoms with Crippen LogP contribution in [0.5, 0.6) is 23.0 Å². The maximum atomic E-state index is 12.5. The summed E-state index contributed by atoms with van der Waals surface area (Å²) in [4.78, 5) is 12.5. The van der Waals surface area contributed by atoms with E-state index in [2.05, 4.69) is 0 Å². The SMILES string of the molecule is COc1cc(C(=O)Oc2cc(C)c(Cl)c(C)c2)cc(OC)c1OC. The van der Waals surface area contributed by atoms with Crippen LogP contribution in [0.3, 0.4) is 0 Å². The minimum Gasteiger partial charge on any atom is -0.493 e. The van der Waals surface area contributed by atoms with Gasteiger partial charge in [-0.15, -0.1) is 0 Å². The molecule has 0 saturated heterocycles. The number of hydrogen-bond donors (Lipinski definition) is 0. The monoisotopic (exact) mass is 350 g/mol. The van der Waals surface area contributed by atoms with Gasteiger partial charge in [0.15, 0.2) is 11.5 Å². The number of carbonyl (C=O) groups is 1. The van der Waals surface area contributed by atoms with E-state index in [0.29, 0.717) is 28.0 Å². The summed E-state index contributed by atoms with van der Waals surface area (Å²) in [5.74, 6) is 1.07. The topological polar surface area (TPSA) is 54.0 Å². The number of hydrogen-bond acceptors (Lipinski definition) is 5. The van der Waals surface area contributed by atoms with Crippen molar-refractivity contribution >= 4 is 17.6 Å². The first-order valence-corrected chi connectivity index (χ1v) is 7.58. The zero-order chi connectivity index (χ0) is 17.9. The van der Waals surface area contributed by atoms with E-state index in [4.69, 9.17) is 30.5 Å². The van der Waals surface area contributed by atoms with Crippen LogP contribution in [0, 0.1) is 13.8 Å². The van der Waals surface area contributed by atoms with Crippen LogP contribution in [0.1, 0.15) is 21.5 Å². The van der Waals surface area contributed by atoms with Crippen molar-refractivity contribution in [2.24, 2.45) is 0 Å². The van der Waals surface area contributed by atoms with E-state index in [9.17, 15) is 4.79 Å². The highest BCUT2D eigenvalue weighted by atomic mass is 35.5. The summed E-state index contributed by atoms with van der Waals surface area (Å²) < 4.78 is 21.2. The van der Waals surface area contributed by atoms with Crippen molar-refractivity contribution in [3.63, 3.8) is 0 Å². The second kappa shape index (κ2) is 7.45. The van der Waals surface area contributed by atoms with Crippen LogP contribution in [0.2, 0.25) is 5.02 Å². The second-order valence-corrected chi connectivity index (χ2v) is 5.55. The van der Waals surface area contributed by atoms with E-state index < -0.39 is 5.97 Å². The predicted octanol–water partition coefficient (Wildman–Crippen LogP) is 4.20. The highest BCUT2D eigenvalue weighted by molar-refractivity contribution is 6.32. The molecule has 128 valence electrons. The molecule has 0 aliphatic heterocycles. The molecule has 0 fully saturated rings. The fraction of sp³-hybridized carbons (Fsp3) is 0.278. The Morgan fingerprint density at radius 1 is 0.875 bits per heavy atom. The molecule has 5 nitrogen and oxygen atoms in total. The van der Waals surface area contributed by atoms with Gasteiger partial charge in [0.25, 0.3) is 0 Å². The van der Waals surface area contributed by atoms with Crippen molar-refractivity contribution in [1.29, 1.82) is 0 Å². The van der Waals surface area contributed by atoms with Crippen molar-refractivity contribution in [2.45, 2.75) is 13.8 Å². The van der Waals surface area contributed by atoms with Crippen LogP contribution >= 0.6 is 11.6 Å². The number of halogens is 1. The summed E-state index contributed by atoms with van der Waals surface area (Å²) in [6, 6.07) is 6.51. The first kappa shape index (κ1) is 17.9. The normalized spacial score (nSPS) is 10.2. The number of esters is 1. The summed E-state index contributed by atoms with van der Waals surface area (Å²) >= 11 is 6.13. The van der Waals surface area contributed by atoms with Gasteiger partial charge < -0.3 is 18.9 Å². The van der Waals surface area contributed by atoms with Crippen molar-refractivity contribution in [1.82, 2.24) is 0 Å². The van der Waals surface area contributed by atoms with Crippen molar-refractivity contribution < 1.29 is 23.7 Å². The number of ether oxygens (including phenoxy) is 4. The average Bonchev–Trinajstić information content (AvgIpc) is 2.57.